The number of aliphatic hydroxyl groups excluding tert-OH is 1. The van der Waals surface area contributed by atoms with E-state index in [9.17, 15) is 14.3 Å². The highest BCUT2D eigenvalue weighted by molar-refractivity contribution is 7.08. The number of hydrogen-bond donors (Lipinski definition) is 2. The molecule has 1 aromatic heterocycles. The largest absolute Gasteiger partial charge is 0.459 e. The van der Waals surface area contributed by atoms with Crippen molar-refractivity contribution in [2.45, 2.75) is 44.9 Å². The Morgan fingerprint density at radius 2 is 2.10 bits per heavy atom. The summed E-state index contributed by atoms with van der Waals surface area (Å²) in [7, 11) is 0. The number of nitrogens with one attached hydrogen (secondary N) is 1. The molecule has 162 valence electrons. The van der Waals surface area contributed by atoms with Crippen molar-refractivity contribution in [2.24, 2.45) is 5.92 Å². The van der Waals surface area contributed by atoms with Gasteiger partial charge in [-0.3, -0.25) is 4.79 Å². The van der Waals surface area contributed by atoms with Crippen LogP contribution in [0, 0.1) is 11.7 Å². The third kappa shape index (κ3) is 5.47. The van der Waals surface area contributed by atoms with E-state index in [0.717, 1.165) is 17.5 Å². The van der Waals surface area contributed by atoms with Gasteiger partial charge in [-0.25, -0.2) is 4.39 Å². The molecule has 2 N–H and O–H groups in total. The van der Waals surface area contributed by atoms with E-state index < -0.39 is 6.29 Å². The van der Waals surface area contributed by atoms with Crippen molar-refractivity contribution in [3.8, 4) is 0 Å². The molecule has 4 atom stereocenters. The highest BCUT2D eigenvalue weighted by atomic mass is 32.1. The van der Waals surface area contributed by atoms with Crippen LogP contribution in [-0.2, 0) is 14.3 Å². The first kappa shape index (κ1) is 22.5. The number of hydrogen-bond acceptors (Lipinski definition) is 5. The Kier molecular flexibility index (Phi) is 8.01. The molecule has 0 saturated heterocycles. The Labute approximate surface area is 180 Å². The first-order valence-corrected chi connectivity index (χ1v) is 11.2. The lowest BCUT2D eigenvalue weighted by molar-refractivity contribution is -0.166. The van der Waals surface area contributed by atoms with Crippen LogP contribution in [0.1, 0.15) is 49.8 Å². The van der Waals surface area contributed by atoms with Crippen molar-refractivity contribution in [2.75, 3.05) is 13.2 Å². The van der Waals surface area contributed by atoms with Gasteiger partial charge in [-0.1, -0.05) is 12.1 Å². The van der Waals surface area contributed by atoms with Gasteiger partial charge in [0.05, 0.1) is 6.04 Å². The van der Waals surface area contributed by atoms with Crippen molar-refractivity contribution in [1.82, 2.24) is 5.32 Å². The van der Waals surface area contributed by atoms with Crippen LogP contribution in [0.4, 0.5) is 4.39 Å². The number of ether oxygens (including phenoxy) is 2. The molecule has 2 aromatic rings. The van der Waals surface area contributed by atoms with Gasteiger partial charge < -0.3 is 19.9 Å². The predicted octanol–water partition coefficient (Wildman–Crippen LogP) is 4.51. The first-order valence-electron chi connectivity index (χ1n) is 10.2. The molecule has 7 heteroatoms. The summed E-state index contributed by atoms with van der Waals surface area (Å²) in [5.74, 6) is -0.480. The van der Waals surface area contributed by atoms with E-state index in [1.54, 1.807) is 23.5 Å². The van der Waals surface area contributed by atoms with Crippen LogP contribution < -0.4 is 5.32 Å². The Hall–Kier alpha value is -2.22. The fraction of sp³-hybridized carbons (Fsp3) is 0.435. The highest BCUT2D eigenvalue weighted by Crippen LogP contribution is 2.40. The van der Waals surface area contributed by atoms with Gasteiger partial charge in [0, 0.05) is 25.0 Å². The van der Waals surface area contributed by atoms with E-state index in [0.29, 0.717) is 13.0 Å². The monoisotopic (exact) mass is 433 g/mol. The number of carbonyl (C=O) groups excluding carboxylic acids is 1. The molecule has 0 bridgehead atoms. The van der Waals surface area contributed by atoms with Crippen molar-refractivity contribution >= 4 is 17.2 Å². The molecule has 0 aliphatic carbocycles. The number of amides is 1. The zero-order chi connectivity index (χ0) is 21.5. The number of thiophene rings is 1. The van der Waals surface area contributed by atoms with Gasteiger partial charge >= 0.3 is 0 Å². The maximum atomic E-state index is 13.2. The number of rotatable bonds is 9. The predicted molar refractivity (Wildman–Crippen MR) is 114 cm³/mol. The van der Waals surface area contributed by atoms with Gasteiger partial charge in [-0.15, -0.1) is 0 Å². The van der Waals surface area contributed by atoms with Gasteiger partial charge in [0.25, 0.3) is 5.91 Å². The number of benzene rings is 1. The van der Waals surface area contributed by atoms with Gasteiger partial charge in [-0.2, -0.15) is 11.3 Å². The fourth-order valence-electron chi connectivity index (χ4n) is 3.71. The van der Waals surface area contributed by atoms with Gasteiger partial charge in [-0.05, 0) is 72.9 Å². The third-order valence-electron chi connectivity index (χ3n) is 5.28. The second kappa shape index (κ2) is 10.7. The van der Waals surface area contributed by atoms with Crippen LogP contribution in [0.25, 0.3) is 0 Å². The van der Waals surface area contributed by atoms with Crippen molar-refractivity contribution in [3.63, 3.8) is 0 Å². The molecule has 3 rings (SSSR count). The number of aliphatic hydroxyl groups is 1. The quantitative estimate of drug-likeness (QED) is 0.610. The summed E-state index contributed by atoms with van der Waals surface area (Å²) >= 11 is 1.60. The van der Waals surface area contributed by atoms with E-state index >= 15 is 0 Å². The summed E-state index contributed by atoms with van der Waals surface area (Å²) in [6.07, 6.45) is 2.64. The van der Waals surface area contributed by atoms with Crippen LogP contribution in [0.15, 0.2) is 52.9 Å². The molecule has 30 heavy (non-hydrogen) atoms. The molecule has 1 amide bonds. The van der Waals surface area contributed by atoms with Crippen molar-refractivity contribution in [3.05, 3.63) is 69.9 Å². The number of halogens is 1. The average Bonchev–Trinajstić information content (AvgIpc) is 3.27. The molecule has 0 fully saturated rings. The van der Waals surface area contributed by atoms with E-state index in [-0.39, 0.29) is 42.0 Å². The second-order valence-corrected chi connectivity index (χ2v) is 8.11. The maximum Gasteiger partial charge on any atom is 0.286 e. The van der Waals surface area contributed by atoms with Gasteiger partial charge in [0.15, 0.2) is 5.76 Å². The summed E-state index contributed by atoms with van der Waals surface area (Å²) in [5.41, 5.74) is 1.91. The first-order chi connectivity index (χ1) is 14.5. The van der Waals surface area contributed by atoms with Crippen molar-refractivity contribution in [1.29, 1.82) is 0 Å². The normalized spacial score (nSPS) is 22.1. The average molecular weight is 434 g/mol. The molecule has 1 aromatic carbocycles. The lowest BCUT2D eigenvalue weighted by atomic mass is 9.81. The third-order valence-corrected chi connectivity index (χ3v) is 5.98. The van der Waals surface area contributed by atoms with Crippen molar-refractivity contribution < 1.29 is 23.8 Å². The van der Waals surface area contributed by atoms with Gasteiger partial charge in [0.1, 0.15) is 5.82 Å². The smallest absolute Gasteiger partial charge is 0.286 e. The minimum Gasteiger partial charge on any atom is -0.459 e. The van der Waals surface area contributed by atoms with Crippen LogP contribution in [0.3, 0.4) is 0 Å². The van der Waals surface area contributed by atoms with Crippen LogP contribution in [-0.4, -0.2) is 30.5 Å². The summed E-state index contributed by atoms with van der Waals surface area (Å²) in [5, 5.41) is 16.3. The standard InChI is InChI=1S/C23H28FNO4S/c1-3-28-23-19(5-4-11-26)20(17-10-12-30-14-17)13-21(29-23)22(27)25-15(2)16-6-8-18(24)9-7-16/h6-10,12-15,19-20,23,26H,3-5,11H2,1-2H3,(H,25,27)/t15-,19+,20-,23-/m0/s1. The zero-order valence-corrected chi connectivity index (χ0v) is 18.0. The Bertz CT molecular complexity index is 837. The molecule has 0 radical (unpaired) electrons. The van der Waals surface area contributed by atoms with Crippen LogP contribution in [0.2, 0.25) is 0 Å². The van der Waals surface area contributed by atoms with E-state index in [1.165, 1.54) is 12.1 Å². The van der Waals surface area contributed by atoms with Gasteiger partial charge in [0.2, 0.25) is 6.29 Å². The zero-order valence-electron chi connectivity index (χ0n) is 17.2. The Morgan fingerprint density at radius 3 is 2.73 bits per heavy atom. The van der Waals surface area contributed by atoms with E-state index in [1.807, 2.05) is 31.4 Å². The SMILES string of the molecule is CCO[C@H]1OC(C(=O)N[C@@H](C)c2ccc(F)cc2)=C[C@@H](c2ccsc2)[C@H]1CCCO. The summed E-state index contributed by atoms with van der Waals surface area (Å²) in [6.45, 7) is 4.28. The van der Waals surface area contributed by atoms with Crippen LogP contribution >= 0.6 is 11.3 Å². The number of carbonyl (C=O) groups is 1. The highest BCUT2D eigenvalue weighted by Gasteiger charge is 2.38. The van der Waals surface area contributed by atoms with Crippen LogP contribution in [0.5, 0.6) is 0 Å². The summed E-state index contributed by atoms with van der Waals surface area (Å²) in [4.78, 5) is 13.0. The molecular formula is C23H28FNO4S. The topological polar surface area (TPSA) is 67.8 Å². The van der Waals surface area contributed by atoms with E-state index in [2.05, 4.69) is 10.7 Å². The summed E-state index contributed by atoms with van der Waals surface area (Å²) in [6, 6.07) is 7.79. The molecule has 0 unspecified atom stereocenters. The van der Waals surface area contributed by atoms with E-state index in [4.69, 9.17) is 9.47 Å². The molecule has 0 saturated carbocycles. The molecule has 1 aliphatic heterocycles. The molecule has 2 heterocycles. The number of allylic oxidation sites excluding steroid dienone is 1. The second-order valence-electron chi connectivity index (χ2n) is 7.33. The molecule has 1 aliphatic rings. The lowest BCUT2D eigenvalue weighted by Gasteiger charge is -2.36. The summed E-state index contributed by atoms with van der Waals surface area (Å²) < 4.78 is 25.0. The Morgan fingerprint density at radius 1 is 1.33 bits per heavy atom. The fourth-order valence-corrected chi connectivity index (χ4v) is 4.42. The lowest BCUT2D eigenvalue weighted by Crippen LogP contribution is -2.39. The maximum absolute atomic E-state index is 13.2. The minimum atomic E-state index is -0.571. The molecule has 0 spiro atoms. The Balaban J connectivity index is 1.82. The molecular weight excluding hydrogens is 405 g/mol. The minimum absolute atomic E-state index is 0.00206. The molecule has 5 nitrogen and oxygen atoms in total.